The lowest BCUT2D eigenvalue weighted by molar-refractivity contribution is 0.0816. The van der Waals surface area contributed by atoms with Crippen LogP contribution in [0.25, 0.3) is 22.4 Å². The SMILES string of the molecule is CC(Oc1cc(-c2cnc3[nH]cc(C(=O)C(C)(C)C)c3n2)cc(N2CCC(C)(C)C2)c1)N(C)C. The third-order valence-corrected chi connectivity index (χ3v) is 6.57. The predicted molar refractivity (Wildman–Crippen MR) is 137 cm³/mol. The Morgan fingerprint density at radius 3 is 2.59 bits per heavy atom. The summed E-state index contributed by atoms with van der Waals surface area (Å²) in [5, 5.41) is 0. The van der Waals surface area contributed by atoms with Crippen molar-refractivity contribution in [3.05, 3.63) is 36.2 Å². The lowest BCUT2D eigenvalue weighted by atomic mass is 9.87. The van der Waals surface area contributed by atoms with Crippen molar-refractivity contribution in [2.24, 2.45) is 10.8 Å². The van der Waals surface area contributed by atoms with Gasteiger partial charge in [0.1, 0.15) is 17.5 Å². The molecule has 0 amide bonds. The molecule has 7 nitrogen and oxygen atoms in total. The topological polar surface area (TPSA) is 74.3 Å². The van der Waals surface area contributed by atoms with Crippen molar-refractivity contribution < 1.29 is 9.53 Å². The Labute approximate surface area is 202 Å². The minimum absolute atomic E-state index is 0.0436. The van der Waals surface area contributed by atoms with Gasteiger partial charge in [-0.3, -0.25) is 9.69 Å². The number of hydrogen-bond donors (Lipinski definition) is 1. The van der Waals surface area contributed by atoms with Crippen molar-refractivity contribution in [2.45, 2.75) is 54.2 Å². The van der Waals surface area contributed by atoms with E-state index in [-0.39, 0.29) is 17.4 Å². The summed E-state index contributed by atoms with van der Waals surface area (Å²) in [5.41, 5.74) is 4.34. The first kappa shape index (κ1) is 24.2. The van der Waals surface area contributed by atoms with Crippen molar-refractivity contribution in [3.8, 4) is 17.0 Å². The molecular weight excluding hydrogens is 426 g/mol. The monoisotopic (exact) mass is 463 g/mol. The zero-order valence-corrected chi connectivity index (χ0v) is 21.7. The molecule has 1 saturated heterocycles. The molecule has 1 aliphatic heterocycles. The highest BCUT2D eigenvalue weighted by Crippen LogP contribution is 2.37. The maximum atomic E-state index is 13.0. The van der Waals surface area contributed by atoms with Crippen LogP contribution in [0.3, 0.4) is 0 Å². The number of nitrogens with zero attached hydrogens (tertiary/aromatic N) is 4. The fourth-order valence-electron chi connectivity index (χ4n) is 4.22. The van der Waals surface area contributed by atoms with Crippen molar-refractivity contribution in [2.75, 3.05) is 32.1 Å². The highest BCUT2D eigenvalue weighted by molar-refractivity contribution is 6.08. The molecule has 0 spiro atoms. The maximum Gasteiger partial charge on any atom is 0.171 e. The van der Waals surface area contributed by atoms with Gasteiger partial charge in [0.05, 0.1) is 17.5 Å². The molecule has 1 atom stereocenters. The molecule has 1 fully saturated rings. The molecule has 0 bridgehead atoms. The third kappa shape index (κ3) is 4.94. The quantitative estimate of drug-likeness (QED) is 0.391. The standard InChI is InChI=1S/C27H37N5O2/c1-17(31(7)8)34-20-12-18(11-19(13-20)32-10-9-27(5,6)16-32)22-15-29-25-23(30-22)21(14-28-25)24(33)26(2,3)4/h11-15,17H,9-10,16H2,1-8H3,(H,28,29). The fraction of sp³-hybridized carbons (Fsp3) is 0.519. The summed E-state index contributed by atoms with van der Waals surface area (Å²) in [7, 11) is 4.00. The van der Waals surface area contributed by atoms with Crippen LogP contribution >= 0.6 is 0 Å². The molecule has 34 heavy (non-hydrogen) atoms. The molecule has 0 saturated carbocycles. The number of fused-ring (bicyclic) bond motifs is 1. The van der Waals surface area contributed by atoms with Crippen molar-refractivity contribution in [3.63, 3.8) is 0 Å². The van der Waals surface area contributed by atoms with Gasteiger partial charge in [-0.2, -0.15) is 0 Å². The van der Waals surface area contributed by atoms with Gasteiger partial charge in [-0.05, 0) is 45.0 Å². The fourth-order valence-corrected chi connectivity index (χ4v) is 4.22. The lowest BCUT2D eigenvalue weighted by Crippen LogP contribution is -2.30. The summed E-state index contributed by atoms with van der Waals surface area (Å²) < 4.78 is 6.26. The summed E-state index contributed by atoms with van der Waals surface area (Å²) >= 11 is 0. The molecule has 3 heterocycles. The number of anilines is 1. The molecule has 0 aliphatic carbocycles. The van der Waals surface area contributed by atoms with Gasteiger partial charge >= 0.3 is 0 Å². The smallest absolute Gasteiger partial charge is 0.171 e. The number of carbonyl (C=O) groups is 1. The van der Waals surface area contributed by atoms with Gasteiger partial charge in [0.25, 0.3) is 0 Å². The molecule has 7 heteroatoms. The second-order valence-electron chi connectivity index (χ2n) is 11.5. The van der Waals surface area contributed by atoms with Crippen LogP contribution in [-0.4, -0.2) is 59.0 Å². The Hall–Kier alpha value is -2.93. The average Bonchev–Trinajstić information content (AvgIpc) is 3.34. The third-order valence-electron chi connectivity index (χ3n) is 6.57. The van der Waals surface area contributed by atoms with Crippen molar-refractivity contribution >= 4 is 22.6 Å². The number of Topliss-reactive ketones (excluding diaryl/α,β-unsaturated/α-hetero) is 1. The number of ether oxygens (including phenoxy) is 1. The minimum Gasteiger partial charge on any atom is -0.475 e. The molecule has 3 aromatic rings. The van der Waals surface area contributed by atoms with Crippen LogP contribution in [0.4, 0.5) is 5.69 Å². The Balaban J connectivity index is 1.79. The Morgan fingerprint density at radius 1 is 1.24 bits per heavy atom. The molecule has 1 N–H and O–H groups in total. The van der Waals surface area contributed by atoms with E-state index < -0.39 is 5.41 Å². The van der Waals surface area contributed by atoms with Gasteiger partial charge in [0, 0.05) is 42.0 Å². The van der Waals surface area contributed by atoms with Crippen LogP contribution in [0.1, 0.15) is 58.3 Å². The van der Waals surface area contributed by atoms with E-state index in [1.54, 1.807) is 12.4 Å². The summed E-state index contributed by atoms with van der Waals surface area (Å²) in [4.78, 5) is 30.0. The molecule has 2 aromatic heterocycles. The van der Waals surface area contributed by atoms with Crippen LogP contribution in [0.2, 0.25) is 0 Å². The lowest BCUT2D eigenvalue weighted by Gasteiger charge is -2.25. The van der Waals surface area contributed by atoms with Gasteiger partial charge in [-0.1, -0.05) is 34.6 Å². The second-order valence-corrected chi connectivity index (χ2v) is 11.5. The Kier molecular flexibility index (Phi) is 6.19. The number of aromatic amines is 1. The van der Waals surface area contributed by atoms with Crippen molar-refractivity contribution in [1.82, 2.24) is 19.9 Å². The number of nitrogens with one attached hydrogen (secondary N) is 1. The largest absolute Gasteiger partial charge is 0.475 e. The Morgan fingerprint density at radius 2 is 1.97 bits per heavy atom. The number of H-pyrrole nitrogens is 1. The van der Waals surface area contributed by atoms with Crippen LogP contribution in [0.5, 0.6) is 5.75 Å². The summed E-state index contributed by atoms with van der Waals surface area (Å²) in [6.07, 6.45) is 4.55. The first-order chi connectivity index (χ1) is 15.8. The summed E-state index contributed by atoms with van der Waals surface area (Å²) in [5.74, 6) is 0.836. The maximum absolute atomic E-state index is 13.0. The highest BCUT2D eigenvalue weighted by atomic mass is 16.5. The van der Waals surface area contributed by atoms with E-state index in [2.05, 4.69) is 40.8 Å². The zero-order valence-electron chi connectivity index (χ0n) is 21.7. The van der Waals surface area contributed by atoms with Gasteiger partial charge < -0.3 is 14.6 Å². The minimum atomic E-state index is -0.501. The van der Waals surface area contributed by atoms with E-state index in [1.807, 2.05) is 52.8 Å². The van der Waals surface area contributed by atoms with E-state index in [4.69, 9.17) is 9.72 Å². The van der Waals surface area contributed by atoms with Crippen LogP contribution in [0.15, 0.2) is 30.6 Å². The second kappa shape index (κ2) is 8.69. The number of ketones is 1. The van der Waals surface area contributed by atoms with Gasteiger partial charge in [-0.25, -0.2) is 9.97 Å². The average molecular weight is 464 g/mol. The normalized spacial score (nSPS) is 16.9. The highest BCUT2D eigenvalue weighted by Gasteiger charge is 2.30. The molecular formula is C27H37N5O2. The van der Waals surface area contributed by atoms with Crippen LogP contribution < -0.4 is 9.64 Å². The number of rotatable bonds is 6. The van der Waals surface area contributed by atoms with Crippen LogP contribution in [0, 0.1) is 10.8 Å². The van der Waals surface area contributed by atoms with E-state index in [9.17, 15) is 4.79 Å². The van der Waals surface area contributed by atoms with E-state index in [0.717, 1.165) is 42.2 Å². The summed E-state index contributed by atoms with van der Waals surface area (Å²) in [6.45, 7) is 14.4. The van der Waals surface area contributed by atoms with Crippen molar-refractivity contribution in [1.29, 1.82) is 0 Å². The Bertz CT molecular complexity index is 1210. The molecule has 4 rings (SSSR count). The number of hydrogen-bond acceptors (Lipinski definition) is 6. The van der Waals surface area contributed by atoms with Gasteiger partial charge in [0.2, 0.25) is 0 Å². The van der Waals surface area contributed by atoms with Gasteiger partial charge in [0.15, 0.2) is 11.4 Å². The predicted octanol–water partition coefficient (Wildman–Crippen LogP) is 5.38. The zero-order chi connectivity index (χ0) is 24.8. The van der Waals surface area contributed by atoms with Crippen LogP contribution in [-0.2, 0) is 0 Å². The molecule has 0 radical (unpaired) electrons. The number of aromatic nitrogens is 3. The van der Waals surface area contributed by atoms with E-state index >= 15 is 0 Å². The van der Waals surface area contributed by atoms with E-state index in [0.29, 0.717) is 16.7 Å². The molecule has 1 unspecified atom stereocenters. The van der Waals surface area contributed by atoms with Gasteiger partial charge in [-0.15, -0.1) is 0 Å². The molecule has 182 valence electrons. The van der Waals surface area contributed by atoms with E-state index in [1.165, 1.54) is 0 Å². The number of benzene rings is 1. The first-order valence-corrected chi connectivity index (χ1v) is 12.0. The first-order valence-electron chi connectivity index (χ1n) is 12.0. The summed E-state index contributed by atoms with van der Waals surface area (Å²) in [6, 6.07) is 6.28. The molecule has 1 aromatic carbocycles. The molecule has 1 aliphatic rings. The number of carbonyl (C=O) groups excluding carboxylic acids is 1.